The maximum Gasteiger partial charge on any atom is 0.325 e. The standard InChI is InChI=1S/C21H19ClN2O3/c1-4-27-18(25)11-24-17-9-13(12(2)3)5-7-15(17)21(26)16-8-6-14(10-23)19(22)20(16)24/h5-9,12H,4,11H2,1-3H3. The predicted molar refractivity (Wildman–Crippen MR) is 106 cm³/mol. The molecular weight excluding hydrogens is 364 g/mol. The third-order valence-electron chi connectivity index (χ3n) is 4.57. The van der Waals surface area contributed by atoms with Crippen LogP contribution < -0.4 is 5.43 Å². The Hall–Kier alpha value is -2.84. The van der Waals surface area contributed by atoms with Crippen molar-refractivity contribution >= 4 is 39.4 Å². The lowest BCUT2D eigenvalue weighted by molar-refractivity contribution is -0.143. The van der Waals surface area contributed by atoms with Crippen molar-refractivity contribution < 1.29 is 9.53 Å². The molecule has 0 aliphatic carbocycles. The molecule has 3 rings (SSSR count). The van der Waals surface area contributed by atoms with E-state index < -0.39 is 5.97 Å². The first-order valence-electron chi connectivity index (χ1n) is 8.73. The van der Waals surface area contributed by atoms with Crippen LogP contribution in [0.15, 0.2) is 35.1 Å². The van der Waals surface area contributed by atoms with Crippen LogP contribution in [-0.2, 0) is 16.1 Å². The minimum atomic E-state index is -0.433. The van der Waals surface area contributed by atoms with Gasteiger partial charge in [0.15, 0.2) is 5.43 Å². The lowest BCUT2D eigenvalue weighted by Crippen LogP contribution is -2.19. The number of ether oxygens (including phenoxy) is 1. The van der Waals surface area contributed by atoms with Crippen LogP contribution in [0, 0.1) is 11.3 Å². The molecule has 0 saturated carbocycles. The second-order valence-corrected chi connectivity index (χ2v) is 6.96. The Morgan fingerprint density at radius 3 is 2.59 bits per heavy atom. The van der Waals surface area contributed by atoms with E-state index in [9.17, 15) is 14.9 Å². The number of nitrogens with zero attached hydrogens (tertiary/aromatic N) is 2. The van der Waals surface area contributed by atoms with Gasteiger partial charge in [-0.1, -0.05) is 31.5 Å². The highest BCUT2D eigenvalue weighted by Gasteiger charge is 2.18. The van der Waals surface area contributed by atoms with E-state index >= 15 is 0 Å². The van der Waals surface area contributed by atoms with Gasteiger partial charge in [-0.3, -0.25) is 9.59 Å². The van der Waals surface area contributed by atoms with Gasteiger partial charge in [0.2, 0.25) is 0 Å². The van der Waals surface area contributed by atoms with Crippen LogP contribution in [-0.4, -0.2) is 17.1 Å². The van der Waals surface area contributed by atoms with Crippen molar-refractivity contribution in [2.24, 2.45) is 0 Å². The van der Waals surface area contributed by atoms with Crippen LogP contribution in [0.25, 0.3) is 21.8 Å². The summed E-state index contributed by atoms with van der Waals surface area (Å²) in [7, 11) is 0. The zero-order valence-electron chi connectivity index (χ0n) is 15.4. The highest BCUT2D eigenvalue weighted by molar-refractivity contribution is 6.36. The van der Waals surface area contributed by atoms with E-state index in [0.717, 1.165) is 5.56 Å². The Bertz CT molecular complexity index is 1160. The maximum absolute atomic E-state index is 13.0. The summed E-state index contributed by atoms with van der Waals surface area (Å²) in [5.41, 5.74) is 2.08. The number of nitriles is 1. The van der Waals surface area contributed by atoms with Gasteiger partial charge in [-0.15, -0.1) is 0 Å². The number of benzene rings is 2. The van der Waals surface area contributed by atoms with Gasteiger partial charge in [-0.05, 0) is 42.7 Å². The summed E-state index contributed by atoms with van der Waals surface area (Å²) in [6.45, 7) is 5.99. The van der Waals surface area contributed by atoms with Crippen molar-refractivity contribution in [2.75, 3.05) is 6.61 Å². The third-order valence-corrected chi connectivity index (χ3v) is 4.95. The van der Waals surface area contributed by atoms with Crippen LogP contribution in [0.1, 0.15) is 37.8 Å². The quantitative estimate of drug-likeness (QED) is 0.496. The number of rotatable bonds is 4. The van der Waals surface area contributed by atoms with E-state index in [1.807, 2.05) is 18.2 Å². The lowest BCUT2D eigenvalue weighted by atomic mass is 9.99. The fourth-order valence-electron chi connectivity index (χ4n) is 3.19. The molecule has 27 heavy (non-hydrogen) atoms. The van der Waals surface area contributed by atoms with Gasteiger partial charge in [-0.2, -0.15) is 5.26 Å². The van der Waals surface area contributed by atoms with Crippen molar-refractivity contribution in [2.45, 2.75) is 33.2 Å². The predicted octanol–water partition coefficient (Wildman–Crippen LogP) is 4.37. The minimum absolute atomic E-state index is 0.0999. The van der Waals surface area contributed by atoms with Crippen LogP contribution in [0.2, 0.25) is 5.02 Å². The molecule has 2 aromatic carbocycles. The highest BCUT2D eigenvalue weighted by Crippen LogP contribution is 2.30. The summed E-state index contributed by atoms with van der Waals surface area (Å²) < 4.78 is 6.78. The number of carbonyl (C=O) groups is 1. The van der Waals surface area contributed by atoms with Crippen molar-refractivity contribution in [3.05, 3.63) is 56.7 Å². The van der Waals surface area contributed by atoms with Crippen LogP contribution >= 0.6 is 11.6 Å². The van der Waals surface area contributed by atoms with Crippen molar-refractivity contribution in [1.82, 2.24) is 4.57 Å². The number of carbonyl (C=O) groups excluding carboxylic acids is 1. The molecule has 0 aliphatic rings. The average Bonchev–Trinajstić information content (AvgIpc) is 2.64. The summed E-state index contributed by atoms with van der Waals surface area (Å²) in [6, 6.07) is 10.7. The minimum Gasteiger partial charge on any atom is -0.465 e. The van der Waals surface area contributed by atoms with E-state index in [2.05, 4.69) is 13.8 Å². The molecular formula is C21H19ClN2O3. The molecule has 0 N–H and O–H groups in total. The molecule has 5 nitrogen and oxygen atoms in total. The summed E-state index contributed by atoms with van der Waals surface area (Å²) in [5.74, 6) is -0.186. The smallest absolute Gasteiger partial charge is 0.325 e. The number of hydrogen-bond donors (Lipinski definition) is 0. The van der Waals surface area contributed by atoms with Gasteiger partial charge < -0.3 is 9.30 Å². The first kappa shape index (κ1) is 18.9. The van der Waals surface area contributed by atoms with Gasteiger partial charge in [0.1, 0.15) is 12.6 Å². The van der Waals surface area contributed by atoms with E-state index in [0.29, 0.717) is 21.8 Å². The Labute approximate surface area is 161 Å². The highest BCUT2D eigenvalue weighted by atomic mass is 35.5. The zero-order chi connectivity index (χ0) is 19.7. The molecule has 0 unspecified atom stereocenters. The van der Waals surface area contributed by atoms with E-state index in [1.165, 1.54) is 6.07 Å². The summed E-state index contributed by atoms with van der Waals surface area (Å²) in [6.07, 6.45) is 0. The molecule has 0 atom stereocenters. The molecule has 0 aliphatic heterocycles. The molecule has 1 heterocycles. The van der Waals surface area contributed by atoms with Crippen molar-refractivity contribution in [3.63, 3.8) is 0 Å². The summed E-state index contributed by atoms with van der Waals surface area (Å²) in [5, 5.41) is 10.3. The number of aromatic nitrogens is 1. The van der Waals surface area contributed by atoms with E-state index in [-0.39, 0.29) is 35.1 Å². The van der Waals surface area contributed by atoms with Gasteiger partial charge in [-0.25, -0.2) is 0 Å². The molecule has 1 aromatic heterocycles. The van der Waals surface area contributed by atoms with Crippen molar-refractivity contribution in [1.29, 1.82) is 5.26 Å². The van der Waals surface area contributed by atoms with E-state index in [1.54, 1.807) is 23.6 Å². The first-order valence-corrected chi connectivity index (χ1v) is 9.11. The Kier molecular flexibility index (Phi) is 5.20. The molecule has 0 spiro atoms. The molecule has 3 aromatic rings. The monoisotopic (exact) mass is 382 g/mol. The van der Waals surface area contributed by atoms with Crippen LogP contribution in [0.5, 0.6) is 0 Å². The first-order chi connectivity index (χ1) is 12.9. The fourth-order valence-corrected chi connectivity index (χ4v) is 3.50. The molecule has 0 saturated heterocycles. The van der Waals surface area contributed by atoms with E-state index in [4.69, 9.17) is 16.3 Å². The Morgan fingerprint density at radius 2 is 1.96 bits per heavy atom. The van der Waals surface area contributed by atoms with Gasteiger partial charge in [0.25, 0.3) is 0 Å². The second kappa shape index (κ2) is 7.42. The van der Waals surface area contributed by atoms with Crippen LogP contribution in [0.3, 0.4) is 0 Å². The molecule has 138 valence electrons. The normalized spacial score (nSPS) is 11.1. The van der Waals surface area contributed by atoms with Crippen LogP contribution in [0.4, 0.5) is 0 Å². The topological polar surface area (TPSA) is 72.1 Å². The van der Waals surface area contributed by atoms with Gasteiger partial charge in [0, 0.05) is 10.8 Å². The average molecular weight is 383 g/mol. The Balaban J connectivity index is 2.49. The number of hydrogen-bond acceptors (Lipinski definition) is 4. The van der Waals surface area contributed by atoms with Gasteiger partial charge >= 0.3 is 5.97 Å². The summed E-state index contributed by atoms with van der Waals surface area (Å²) >= 11 is 6.45. The lowest BCUT2D eigenvalue weighted by Gasteiger charge is -2.17. The van der Waals surface area contributed by atoms with Gasteiger partial charge in [0.05, 0.1) is 28.2 Å². The molecule has 0 radical (unpaired) electrons. The molecule has 6 heteroatoms. The largest absolute Gasteiger partial charge is 0.465 e. The summed E-state index contributed by atoms with van der Waals surface area (Å²) in [4.78, 5) is 25.3. The maximum atomic E-state index is 13.0. The number of halogens is 1. The number of esters is 1. The number of pyridine rings is 1. The zero-order valence-corrected chi connectivity index (χ0v) is 16.1. The SMILES string of the molecule is CCOC(=O)Cn1c2cc(C(C)C)ccc2c(=O)c2ccc(C#N)c(Cl)c21. The van der Waals surface area contributed by atoms with Crippen molar-refractivity contribution in [3.8, 4) is 6.07 Å². The third kappa shape index (κ3) is 3.29. The fraction of sp³-hybridized carbons (Fsp3) is 0.286. The Morgan fingerprint density at radius 1 is 1.26 bits per heavy atom. The second-order valence-electron chi connectivity index (χ2n) is 6.59. The molecule has 0 bridgehead atoms. The molecule has 0 fully saturated rings. The molecule has 0 amide bonds. The number of fused-ring (bicyclic) bond motifs is 2.